The number of nitrogens with zero attached hydrogens (tertiary/aromatic N) is 4. The van der Waals surface area contributed by atoms with Gasteiger partial charge in [0.15, 0.2) is 34.4 Å². The van der Waals surface area contributed by atoms with Gasteiger partial charge in [0.1, 0.15) is 6.61 Å². The molecule has 0 unspecified atom stereocenters. The van der Waals surface area contributed by atoms with E-state index in [1.54, 1.807) is 6.08 Å². The maximum atomic E-state index is 12.9. The number of fused-ring (bicyclic) bond motifs is 1. The number of hydrogen-bond donors (Lipinski definition) is 0. The van der Waals surface area contributed by atoms with Crippen LogP contribution in [-0.4, -0.2) is 37.5 Å². The number of carbonyl (C=O) groups excluding carboxylic acids is 1. The lowest BCUT2D eigenvalue weighted by atomic mass is 10.2. The summed E-state index contributed by atoms with van der Waals surface area (Å²) in [4.78, 5) is 12.9. The first-order valence-corrected chi connectivity index (χ1v) is 11.4. The lowest BCUT2D eigenvalue weighted by molar-refractivity contribution is 0.0821. The predicted molar refractivity (Wildman–Crippen MR) is 125 cm³/mol. The van der Waals surface area contributed by atoms with E-state index in [0.717, 1.165) is 17.0 Å². The fourth-order valence-corrected chi connectivity index (χ4v) is 4.63. The summed E-state index contributed by atoms with van der Waals surface area (Å²) in [6.45, 7) is 13.1. The molecule has 0 radical (unpaired) electrons. The minimum absolute atomic E-state index is 0.0549. The molecule has 0 bridgehead atoms. The third-order valence-corrected chi connectivity index (χ3v) is 6.34. The molecule has 1 aliphatic heterocycles. The molecule has 0 aliphatic carbocycles. The highest BCUT2D eigenvalue weighted by molar-refractivity contribution is 7.99. The molecule has 3 aromatic rings. The molecular weight excluding hydrogens is 424 g/mol. The summed E-state index contributed by atoms with van der Waals surface area (Å²) in [5, 5.41) is 9.33. The summed E-state index contributed by atoms with van der Waals surface area (Å²) in [7, 11) is 0. The minimum atomic E-state index is -0.389. The fraction of sp³-hybridized carbons (Fsp3) is 0.292. The van der Waals surface area contributed by atoms with Crippen molar-refractivity contribution in [3.05, 3.63) is 78.4 Å². The van der Waals surface area contributed by atoms with Crippen LogP contribution in [0.2, 0.25) is 0 Å². The van der Waals surface area contributed by atoms with Gasteiger partial charge in [-0.1, -0.05) is 36.0 Å². The molecule has 3 heterocycles. The zero-order chi connectivity index (χ0) is 22.7. The van der Waals surface area contributed by atoms with Crippen LogP contribution < -0.4 is 9.47 Å². The number of benzene rings is 1. The molecule has 1 atom stereocenters. The van der Waals surface area contributed by atoms with Gasteiger partial charge in [0.2, 0.25) is 0 Å². The molecular formula is C24H26N4O3S. The minimum Gasteiger partial charge on any atom is -0.485 e. The maximum absolute atomic E-state index is 12.9. The first-order chi connectivity index (χ1) is 15.5. The molecule has 0 amide bonds. The summed E-state index contributed by atoms with van der Waals surface area (Å²) in [6.07, 6.45) is 3.22. The smallest absolute Gasteiger partial charge is 0.192 e. The summed E-state index contributed by atoms with van der Waals surface area (Å²) in [5.41, 5.74) is 2.72. The summed E-state index contributed by atoms with van der Waals surface area (Å²) in [6, 6.07) is 9.49. The van der Waals surface area contributed by atoms with Crippen molar-refractivity contribution in [1.82, 2.24) is 19.3 Å². The molecule has 166 valence electrons. The van der Waals surface area contributed by atoms with Gasteiger partial charge in [0, 0.05) is 30.0 Å². The van der Waals surface area contributed by atoms with E-state index in [9.17, 15) is 4.79 Å². The van der Waals surface area contributed by atoms with Crippen LogP contribution in [0, 0.1) is 13.8 Å². The van der Waals surface area contributed by atoms with Gasteiger partial charge in [-0.3, -0.25) is 9.36 Å². The predicted octanol–water partition coefficient (Wildman–Crippen LogP) is 4.56. The fourth-order valence-electron chi connectivity index (χ4n) is 3.79. The maximum Gasteiger partial charge on any atom is 0.192 e. The molecule has 0 saturated heterocycles. The number of hydrogen-bond acceptors (Lipinski definition) is 6. The van der Waals surface area contributed by atoms with Gasteiger partial charge in [0.25, 0.3) is 0 Å². The van der Waals surface area contributed by atoms with Crippen molar-refractivity contribution in [3.63, 3.8) is 0 Å². The van der Waals surface area contributed by atoms with Gasteiger partial charge in [-0.25, -0.2) is 0 Å². The van der Waals surface area contributed by atoms with E-state index < -0.39 is 0 Å². The van der Waals surface area contributed by atoms with E-state index in [1.807, 2.05) is 54.8 Å². The largest absolute Gasteiger partial charge is 0.485 e. The number of aromatic nitrogens is 4. The van der Waals surface area contributed by atoms with Gasteiger partial charge in [0.05, 0.1) is 5.75 Å². The van der Waals surface area contributed by atoms with Gasteiger partial charge < -0.3 is 14.0 Å². The van der Waals surface area contributed by atoms with Crippen LogP contribution in [0.15, 0.2) is 60.8 Å². The molecule has 0 saturated carbocycles. The molecule has 8 heteroatoms. The molecule has 0 N–H and O–H groups in total. The van der Waals surface area contributed by atoms with Crippen LogP contribution in [0.4, 0.5) is 0 Å². The first kappa shape index (κ1) is 22.0. The summed E-state index contributed by atoms with van der Waals surface area (Å²) >= 11 is 1.36. The Morgan fingerprint density at radius 2 is 1.88 bits per heavy atom. The van der Waals surface area contributed by atoms with Crippen molar-refractivity contribution in [1.29, 1.82) is 0 Å². The highest BCUT2D eigenvalue weighted by Crippen LogP contribution is 2.36. The number of para-hydroxylation sites is 2. The highest BCUT2D eigenvalue weighted by atomic mass is 32.2. The molecule has 32 heavy (non-hydrogen) atoms. The Labute approximate surface area is 191 Å². The van der Waals surface area contributed by atoms with Crippen LogP contribution in [-0.2, 0) is 13.1 Å². The van der Waals surface area contributed by atoms with Gasteiger partial charge >= 0.3 is 0 Å². The highest BCUT2D eigenvalue weighted by Gasteiger charge is 2.28. The van der Waals surface area contributed by atoms with Crippen LogP contribution in [0.25, 0.3) is 0 Å². The van der Waals surface area contributed by atoms with Crippen LogP contribution >= 0.6 is 11.8 Å². The third-order valence-electron chi connectivity index (χ3n) is 5.37. The molecule has 2 aromatic heterocycles. The molecule has 4 rings (SSSR count). The Morgan fingerprint density at radius 3 is 2.62 bits per heavy atom. The number of ketones is 1. The average molecular weight is 451 g/mol. The van der Waals surface area contributed by atoms with Gasteiger partial charge in [-0.15, -0.1) is 23.4 Å². The number of thioether (sulfide) groups is 1. The van der Waals surface area contributed by atoms with E-state index in [2.05, 4.69) is 27.9 Å². The standard InChI is InChI=1S/C24H26N4O3S/c1-5-11-27-16(3)13-18(17(27)4)19(29)15-32-24-26-25-23(28(24)12-6-2)22-14-30-20-9-7-8-10-21(20)31-22/h5-10,13,22H,1-2,11-12,14-15H2,3-4H3/t22-/m0/s1. The Hall–Kier alpha value is -3.26. The molecule has 1 aliphatic rings. The molecule has 7 nitrogen and oxygen atoms in total. The number of Topliss-reactive ketones (excluding diaryl/α,β-unsaturated/α-hetero) is 1. The topological polar surface area (TPSA) is 71.2 Å². The van der Waals surface area contributed by atoms with Crippen LogP contribution in [0.1, 0.15) is 33.7 Å². The first-order valence-electron chi connectivity index (χ1n) is 10.4. The molecule has 0 fully saturated rings. The van der Waals surface area contributed by atoms with Crippen molar-refractivity contribution in [2.45, 2.75) is 38.2 Å². The Balaban J connectivity index is 1.51. The number of aryl methyl sites for hydroxylation is 1. The monoisotopic (exact) mass is 450 g/mol. The Morgan fingerprint density at radius 1 is 1.16 bits per heavy atom. The number of carbonyl (C=O) groups is 1. The van der Waals surface area contributed by atoms with Crippen LogP contribution in [0.5, 0.6) is 11.5 Å². The Bertz CT molecular complexity index is 1160. The normalized spacial score (nSPS) is 14.9. The second-order valence-corrected chi connectivity index (χ2v) is 8.44. The SMILES string of the molecule is C=CCn1c(SCC(=O)c2cc(C)n(CC=C)c2C)nnc1[C@@H]1COc2ccccc2O1. The lowest BCUT2D eigenvalue weighted by Crippen LogP contribution is -2.25. The number of allylic oxidation sites excluding steroid dienone is 2. The zero-order valence-electron chi connectivity index (χ0n) is 18.3. The van der Waals surface area contributed by atoms with E-state index in [-0.39, 0.29) is 17.6 Å². The quantitative estimate of drug-likeness (QED) is 0.270. The average Bonchev–Trinajstić information content (AvgIpc) is 3.33. The summed E-state index contributed by atoms with van der Waals surface area (Å²) in [5.74, 6) is 2.36. The van der Waals surface area contributed by atoms with Crippen LogP contribution in [0.3, 0.4) is 0 Å². The van der Waals surface area contributed by atoms with Crippen molar-refractivity contribution in [2.24, 2.45) is 0 Å². The van der Waals surface area contributed by atoms with Gasteiger partial charge in [-0.05, 0) is 32.0 Å². The van der Waals surface area contributed by atoms with E-state index in [1.165, 1.54) is 11.8 Å². The summed E-state index contributed by atoms with van der Waals surface area (Å²) < 4.78 is 15.9. The van der Waals surface area contributed by atoms with E-state index in [4.69, 9.17) is 9.47 Å². The van der Waals surface area contributed by atoms with Crippen molar-refractivity contribution in [2.75, 3.05) is 12.4 Å². The second kappa shape index (κ2) is 9.48. The number of rotatable bonds is 9. The van der Waals surface area contributed by atoms with E-state index >= 15 is 0 Å². The number of ether oxygens (including phenoxy) is 2. The molecule has 1 aromatic carbocycles. The van der Waals surface area contributed by atoms with E-state index in [0.29, 0.717) is 42.2 Å². The molecule has 0 spiro atoms. The lowest BCUT2D eigenvalue weighted by Gasteiger charge is -2.26. The zero-order valence-corrected chi connectivity index (χ0v) is 19.1. The van der Waals surface area contributed by atoms with Crippen molar-refractivity contribution < 1.29 is 14.3 Å². The Kier molecular flexibility index (Phi) is 6.50. The second-order valence-electron chi connectivity index (χ2n) is 7.50. The van der Waals surface area contributed by atoms with Crippen molar-refractivity contribution in [3.8, 4) is 11.5 Å². The van der Waals surface area contributed by atoms with Crippen molar-refractivity contribution >= 4 is 17.5 Å². The third kappa shape index (κ3) is 4.23. The van der Waals surface area contributed by atoms with Gasteiger partial charge in [-0.2, -0.15) is 0 Å².